The Bertz CT molecular complexity index is 1970. The van der Waals surface area contributed by atoms with Gasteiger partial charge in [-0.2, -0.15) is 0 Å². The molecule has 46 heavy (non-hydrogen) atoms. The van der Waals surface area contributed by atoms with Crippen LogP contribution in [0, 0.1) is 24.5 Å². The molecule has 7 heterocycles. The lowest BCUT2D eigenvalue weighted by Gasteiger charge is -2.22. The van der Waals surface area contributed by atoms with Crippen LogP contribution in [0.4, 0.5) is 14.6 Å². The average Bonchev–Trinajstić information content (AvgIpc) is 3.86. The molecule has 1 atom stereocenters. The number of pyridine rings is 2. The second kappa shape index (κ2) is 11.8. The average molecular weight is 643 g/mol. The van der Waals surface area contributed by atoms with Crippen molar-refractivity contribution in [2.45, 2.75) is 58.0 Å². The van der Waals surface area contributed by atoms with E-state index in [0.29, 0.717) is 41.2 Å². The quantitative estimate of drug-likeness (QED) is 0.189. The molecule has 1 amide bonds. The zero-order valence-electron chi connectivity index (χ0n) is 25.3. The van der Waals surface area contributed by atoms with Gasteiger partial charge in [0.05, 0.1) is 33.3 Å². The first-order valence-corrected chi connectivity index (χ1v) is 16.6. The Morgan fingerprint density at radius 2 is 1.91 bits per heavy atom. The number of aromatic nitrogens is 4. The molecule has 9 nitrogen and oxygen atoms in total. The van der Waals surface area contributed by atoms with Crippen molar-refractivity contribution >= 4 is 33.1 Å². The maximum atomic E-state index is 14.1. The largest absolute Gasteiger partial charge is 0.421 e. The number of rotatable bonds is 8. The molecule has 0 spiro atoms. The van der Waals surface area contributed by atoms with E-state index in [1.165, 1.54) is 17.4 Å². The van der Waals surface area contributed by atoms with Crippen molar-refractivity contribution in [1.82, 2.24) is 25.1 Å². The number of hydrogen-bond donors (Lipinski definition) is 1. The SMILES string of the molecule is Cc1nnc(-c2c(CCC3CCOCC3)nc3c(c2-c2cc4ccnc(NCc5ccc(F)c(F)c5)c4s2)C(=O)N2CCCC32)o1. The summed E-state index contributed by atoms with van der Waals surface area (Å²) in [6.07, 6.45) is 7.26. The fraction of sp³-hybridized carbons (Fsp3) is 0.382. The first kappa shape index (κ1) is 29.1. The topological polar surface area (TPSA) is 106 Å². The number of fused-ring (bicyclic) bond motifs is 4. The normalized spacial score (nSPS) is 18.0. The van der Waals surface area contributed by atoms with Crippen molar-refractivity contribution in [3.05, 3.63) is 76.6 Å². The smallest absolute Gasteiger partial charge is 0.257 e. The Balaban J connectivity index is 1.26. The number of ether oxygens (including phenoxy) is 1. The van der Waals surface area contributed by atoms with E-state index in [1.54, 1.807) is 19.2 Å². The number of aryl methyl sites for hydroxylation is 2. The molecule has 1 aromatic carbocycles. The van der Waals surface area contributed by atoms with Gasteiger partial charge in [0.1, 0.15) is 5.82 Å². The number of thiophene rings is 1. The molecular formula is C34H32F2N6O3S. The van der Waals surface area contributed by atoms with E-state index in [4.69, 9.17) is 14.1 Å². The minimum Gasteiger partial charge on any atom is -0.421 e. The summed E-state index contributed by atoms with van der Waals surface area (Å²) in [5.74, 6) is 0.160. The van der Waals surface area contributed by atoms with Gasteiger partial charge in [0.15, 0.2) is 11.6 Å². The summed E-state index contributed by atoms with van der Waals surface area (Å²) in [4.78, 5) is 26.8. The maximum Gasteiger partial charge on any atom is 0.257 e. The number of halogens is 2. The van der Waals surface area contributed by atoms with Gasteiger partial charge in [0.25, 0.3) is 5.91 Å². The predicted octanol–water partition coefficient (Wildman–Crippen LogP) is 7.26. The van der Waals surface area contributed by atoms with Crippen LogP contribution in [-0.2, 0) is 17.7 Å². The lowest BCUT2D eigenvalue weighted by molar-refractivity contribution is 0.0639. The van der Waals surface area contributed by atoms with Crippen LogP contribution in [0.2, 0.25) is 0 Å². The highest BCUT2D eigenvalue weighted by molar-refractivity contribution is 7.23. The number of nitrogens with zero attached hydrogens (tertiary/aromatic N) is 5. The summed E-state index contributed by atoms with van der Waals surface area (Å²) in [6.45, 7) is 4.28. The molecule has 12 heteroatoms. The fourth-order valence-corrected chi connectivity index (χ4v) is 8.21. The Morgan fingerprint density at radius 3 is 2.72 bits per heavy atom. The van der Waals surface area contributed by atoms with Gasteiger partial charge in [-0.15, -0.1) is 21.5 Å². The molecule has 3 aliphatic heterocycles. The van der Waals surface area contributed by atoms with Crippen molar-refractivity contribution in [3.63, 3.8) is 0 Å². The van der Waals surface area contributed by atoms with Gasteiger partial charge in [-0.1, -0.05) is 6.07 Å². The number of hydrogen-bond acceptors (Lipinski definition) is 9. The molecule has 3 aliphatic rings. The number of carbonyl (C=O) groups is 1. The van der Waals surface area contributed by atoms with E-state index >= 15 is 0 Å². The van der Waals surface area contributed by atoms with Gasteiger partial charge in [0.2, 0.25) is 11.8 Å². The summed E-state index contributed by atoms with van der Waals surface area (Å²) in [7, 11) is 0. The van der Waals surface area contributed by atoms with Crippen LogP contribution in [0.15, 0.2) is 40.9 Å². The Hall–Kier alpha value is -4.29. The summed E-state index contributed by atoms with van der Waals surface area (Å²) in [5.41, 5.74) is 4.42. The molecule has 1 unspecified atom stereocenters. The number of benzene rings is 1. The zero-order chi connectivity index (χ0) is 31.4. The molecule has 2 fully saturated rings. The van der Waals surface area contributed by atoms with Crippen molar-refractivity contribution in [1.29, 1.82) is 0 Å². The first-order chi connectivity index (χ1) is 22.4. The predicted molar refractivity (Wildman–Crippen MR) is 169 cm³/mol. The number of nitrogens with one attached hydrogen (secondary N) is 1. The van der Waals surface area contributed by atoms with Gasteiger partial charge in [-0.3, -0.25) is 9.78 Å². The van der Waals surface area contributed by atoms with E-state index in [9.17, 15) is 13.6 Å². The number of carbonyl (C=O) groups excluding carboxylic acids is 1. The van der Waals surface area contributed by atoms with E-state index in [1.807, 2.05) is 11.0 Å². The second-order valence-electron chi connectivity index (χ2n) is 12.2. The van der Waals surface area contributed by atoms with Crippen molar-refractivity contribution in [2.75, 3.05) is 25.1 Å². The van der Waals surface area contributed by atoms with Gasteiger partial charge in [-0.25, -0.2) is 13.8 Å². The highest BCUT2D eigenvalue weighted by Gasteiger charge is 2.45. The molecule has 0 bridgehead atoms. The molecule has 1 N–H and O–H groups in total. The minimum absolute atomic E-state index is 0.0132. The monoisotopic (exact) mass is 642 g/mol. The Labute approximate surface area is 268 Å². The Morgan fingerprint density at radius 1 is 1.04 bits per heavy atom. The van der Waals surface area contributed by atoms with Crippen molar-refractivity contribution in [3.8, 4) is 21.9 Å². The third kappa shape index (κ3) is 5.13. The van der Waals surface area contributed by atoms with Gasteiger partial charge in [-0.05, 0) is 79.7 Å². The number of amides is 1. The fourth-order valence-electron chi connectivity index (χ4n) is 7.03. The van der Waals surface area contributed by atoms with Crippen LogP contribution in [-0.4, -0.2) is 50.7 Å². The molecule has 0 saturated carbocycles. The molecule has 4 aromatic heterocycles. The van der Waals surface area contributed by atoms with E-state index in [-0.39, 0.29) is 18.5 Å². The lowest BCUT2D eigenvalue weighted by atomic mass is 9.90. The standard InChI is InChI=1S/C34H32F2N6O3S/c1-18-40-41-33(45-18)27-24(7-5-19-9-13-44-14-10-19)39-30-25-3-2-12-42(25)34(43)29(30)28(27)26-16-21-8-11-37-32(31(21)46-26)38-17-20-4-6-22(35)23(36)15-20/h4,6,8,11,15-16,19,25H,2-3,5,7,9-10,12-14,17H2,1H3,(H,37,38). The lowest BCUT2D eigenvalue weighted by Crippen LogP contribution is -2.22. The van der Waals surface area contributed by atoms with Crippen LogP contribution in [0.5, 0.6) is 0 Å². The highest BCUT2D eigenvalue weighted by Crippen LogP contribution is 2.50. The number of anilines is 1. The maximum absolute atomic E-state index is 14.1. The molecule has 2 saturated heterocycles. The van der Waals surface area contributed by atoms with E-state index in [0.717, 1.165) is 95.3 Å². The van der Waals surface area contributed by atoms with Crippen LogP contribution in [0.3, 0.4) is 0 Å². The van der Waals surface area contributed by atoms with Crippen LogP contribution >= 0.6 is 11.3 Å². The van der Waals surface area contributed by atoms with E-state index < -0.39 is 11.6 Å². The molecule has 8 rings (SSSR count). The van der Waals surface area contributed by atoms with Crippen LogP contribution in [0.25, 0.3) is 32.0 Å². The Kier molecular flexibility index (Phi) is 7.48. The van der Waals surface area contributed by atoms with Crippen molar-refractivity contribution < 1.29 is 22.7 Å². The summed E-state index contributed by atoms with van der Waals surface area (Å²) in [6, 6.07) is 7.82. The third-order valence-corrected chi connectivity index (χ3v) is 10.5. The summed E-state index contributed by atoms with van der Waals surface area (Å²) < 4.78 is 39.9. The highest BCUT2D eigenvalue weighted by atomic mass is 32.1. The van der Waals surface area contributed by atoms with Crippen LogP contribution < -0.4 is 5.32 Å². The second-order valence-corrected chi connectivity index (χ2v) is 13.3. The minimum atomic E-state index is -0.892. The third-order valence-electron chi connectivity index (χ3n) is 9.34. The van der Waals surface area contributed by atoms with Crippen LogP contribution in [0.1, 0.15) is 71.3 Å². The van der Waals surface area contributed by atoms with Gasteiger partial charge >= 0.3 is 0 Å². The molecule has 0 radical (unpaired) electrons. The zero-order valence-corrected chi connectivity index (χ0v) is 26.1. The van der Waals surface area contributed by atoms with E-state index in [2.05, 4.69) is 26.6 Å². The van der Waals surface area contributed by atoms with Crippen molar-refractivity contribution in [2.24, 2.45) is 5.92 Å². The van der Waals surface area contributed by atoms with Gasteiger partial charge in [0, 0.05) is 49.9 Å². The van der Waals surface area contributed by atoms with Gasteiger partial charge < -0.3 is 19.4 Å². The molecule has 0 aliphatic carbocycles. The molecule has 5 aromatic rings. The molecule has 236 valence electrons. The summed E-state index contributed by atoms with van der Waals surface area (Å²) in [5, 5.41) is 12.8. The molecular weight excluding hydrogens is 610 g/mol. The first-order valence-electron chi connectivity index (χ1n) is 15.8. The summed E-state index contributed by atoms with van der Waals surface area (Å²) >= 11 is 1.52.